The summed E-state index contributed by atoms with van der Waals surface area (Å²) in [5.41, 5.74) is 1.31. The first-order chi connectivity index (χ1) is 8.95. The van der Waals surface area contributed by atoms with E-state index in [9.17, 15) is 4.79 Å². The van der Waals surface area contributed by atoms with Gasteiger partial charge in [0, 0.05) is 25.6 Å². The van der Waals surface area contributed by atoms with Gasteiger partial charge < -0.3 is 10.6 Å². The zero-order valence-electron chi connectivity index (χ0n) is 12.1. The van der Waals surface area contributed by atoms with Gasteiger partial charge in [-0.25, -0.2) is 0 Å². The van der Waals surface area contributed by atoms with E-state index in [1.165, 1.54) is 10.8 Å². The quantitative estimate of drug-likeness (QED) is 0.802. The van der Waals surface area contributed by atoms with E-state index in [0.29, 0.717) is 12.5 Å². The van der Waals surface area contributed by atoms with Gasteiger partial charge >= 0.3 is 0 Å². The highest BCUT2D eigenvalue weighted by atomic mass is 28.3. The molecule has 0 aliphatic carbocycles. The molecule has 19 heavy (non-hydrogen) atoms. The third-order valence-corrected chi connectivity index (χ3v) is 5.69. The average Bonchev–Trinajstić information content (AvgIpc) is 2.75. The van der Waals surface area contributed by atoms with Crippen LogP contribution in [0.25, 0.3) is 0 Å². The highest BCUT2D eigenvalue weighted by molar-refractivity contribution is 6.88. The fourth-order valence-corrected chi connectivity index (χ4v) is 3.51. The van der Waals surface area contributed by atoms with E-state index in [4.69, 9.17) is 0 Å². The molecule has 3 nitrogen and oxygen atoms in total. The van der Waals surface area contributed by atoms with Crippen LogP contribution in [0.15, 0.2) is 24.3 Å². The van der Waals surface area contributed by atoms with E-state index in [2.05, 4.69) is 54.5 Å². The van der Waals surface area contributed by atoms with Crippen LogP contribution in [0.1, 0.15) is 18.4 Å². The molecule has 1 atom stereocenters. The highest BCUT2D eigenvalue weighted by Crippen LogP contribution is 2.07. The average molecular weight is 276 g/mol. The van der Waals surface area contributed by atoms with Gasteiger partial charge in [0.15, 0.2) is 0 Å². The van der Waals surface area contributed by atoms with Crippen molar-refractivity contribution in [2.24, 2.45) is 0 Å². The topological polar surface area (TPSA) is 41.1 Å². The summed E-state index contributed by atoms with van der Waals surface area (Å²) in [5.74, 6) is 0.186. The van der Waals surface area contributed by atoms with Crippen LogP contribution in [0.4, 0.5) is 0 Å². The van der Waals surface area contributed by atoms with Crippen LogP contribution in [0, 0.1) is 0 Å². The molecule has 1 aromatic rings. The van der Waals surface area contributed by atoms with Gasteiger partial charge in [0.25, 0.3) is 0 Å². The van der Waals surface area contributed by atoms with Crippen molar-refractivity contribution in [2.45, 2.75) is 45.1 Å². The second-order valence-electron chi connectivity index (χ2n) is 6.38. The zero-order valence-corrected chi connectivity index (χ0v) is 13.1. The van der Waals surface area contributed by atoms with Crippen LogP contribution in [-0.2, 0) is 11.3 Å². The van der Waals surface area contributed by atoms with Crippen LogP contribution in [0.3, 0.4) is 0 Å². The molecule has 2 rings (SSSR count). The van der Waals surface area contributed by atoms with E-state index in [1.807, 2.05) is 0 Å². The highest BCUT2D eigenvalue weighted by Gasteiger charge is 2.19. The van der Waals surface area contributed by atoms with Crippen LogP contribution < -0.4 is 15.8 Å². The minimum atomic E-state index is -1.18. The van der Waals surface area contributed by atoms with Gasteiger partial charge in [-0.05, 0) is 12.0 Å². The lowest BCUT2D eigenvalue weighted by Crippen LogP contribution is -2.37. The predicted octanol–water partition coefficient (Wildman–Crippen LogP) is 1.60. The number of hydrogen-bond acceptors (Lipinski definition) is 2. The molecule has 1 fully saturated rings. The number of amides is 1. The smallest absolute Gasteiger partial charge is 0.220 e. The second-order valence-corrected chi connectivity index (χ2v) is 11.5. The van der Waals surface area contributed by atoms with Crippen LogP contribution in [0.2, 0.25) is 19.6 Å². The fourth-order valence-electron chi connectivity index (χ4n) is 2.34. The van der Waals surface area contributed by atoms with Crippen molar-refractivity contribution >= 4 is 19.2 Å². The Kier molecular flexibility index (Phi) is 4.42. The SMILES string of the molecule is C[Si](C)(C)c1ccc(CNCC2CCC(=O)N2)cc1. The lowest BCUT2D eigenvalue weighted by atomic mass is 10.2. The Labute approximate surface area is 116 Å². The summed E-state index contributed by atoms with van der Waals surface area (Å²) in [6.07, 6.45) is 1.64. The van der Waals surface area contributed by atoms with Crippen molar-refractivity contribution in [3.63, 3.8) is 0 Å². The van der Waals surface area contributed by atoms with Gasteiger partial charge in [-0.1, -0.05) is 49.1 Å². The van der Waals surface area contributed by atoms with E-state index in [1.54, 1.807) is 0 Å². The molecule has 1 heterocycles. The maximum absolute atomic E-state index is 11.1. The summed E-state index contributed by atoms with van der Waals surface area (Å²) in [4.78, 5) is 11.1. The number of hydrogen-bond donors (Lipinski definition) is 2. The Bertz CT molecular complexity index is 436. The summed E-state index contributed by atoms with van der Waals surface area (Å²) < 4.78 is 0. The molecule has 104 valence electrons. The van der Waals surface area contributed by atoms with Crippen molar-refractivity contribution in [1.82, 2.24) is 10.6 Å². The first-order valence-electron chi connectivity index (χ1n) is 7.04. The summed E-state index contributed by atoms with van der Waals surface area (Å²) in [5, 5.41) is 7.89. The zero-order chi connectivity index (χ0) is 13.9. The van der Waals surface area contributed by atoms with E-state index in [0.717, 1.165) is 19.5 Å². The molecule has 0 bridgehead atoms. The molecule has 4 heteroatoms. The summed E-state index contributed by atoms with van der Waals surface area (Å²) in [6, 6.07) is 9.27. The maximum atomic E-state index is 11.1. The predicted molar refractivity (Wildman–Crippen MR) is 82.3 cm³/mol. The molecule has 1 aromatic carbocycles. The van der Waals surface area contributed by atoms with Crippen molar-refractivity contribution < 1.29 is 4.79 Å². The number of carbonyl (C=O) groups is 1. The maximum Gasteiger partial charge on any atom is 0.220 e. The molecule has 1 saturated heterocycles. The fraction of sp³-hybridized carbons (Fsp3) is 0.533. The van der Waals surface area contributed by atoms with E-state index >= 15 is 0 Å². The Balaban J connectivity index is 1.79. The monoisotopic (exact) mass is 276 g/mol. The third kappa shape index (κ3) is 4.18. The first-order valence-corrected chi connectivity index (χ1v) is 10.5. The van der Waals surface area contributed by atoms with Gasteiger partial charge in [0.1, 0.15) is 0 Å². The molecule has 2 N–H and O–H groups in total. The van der Waals surface area contributed by atoms with Gasteiger partial charge in [-0.3, -0.25) is 4.79 Å². The number of nitrogens with one attached hydrogen (secondary N) is 2. The van der Waals surface area contributed by atoms with Gasteiger partial charge in [-0.15, -0.1) is 0 Å². The van der Waals surface area contributed by atoms with Crippen molar-refractivity contribution in [1.29, 1.82) is 0 Å². The Morgan fingerprint density at radius 2 is 1.95 bits per heavy atom. The molecule has 1 aliphatic heterocycles. The number of benzene rings is 1. The molecule has 0 spiro atoms. The third-order valence-electron chi connectivity index (χ3n) is 3.62. The minimum absolute atomic E-state index is 0.186. The van der Waals surface area contributed by atoms with Gasteiger partial charge in [0.05, 0.1) is 8.07 Å². The molecule has 1 aliphatic rings. The largest absolute Gasteiger partial charge is 0.352 e. The molecule has 0 radical (unpaired) electrons. The molecule has 0 saturated carbocycles. The molecule has 1 unspecified atom stereocenters. The van der Waals surface area contributed by atoms with Crippen molar-refractivity contribution in [3.8, 4) is 0 Å². The number of carbonyl (C=O) groups excluding carboxylic acids is 1. The van der Waals surface area contributed by atoms with E-state index < -0.39 is 8.07 Å². The second kappa shape index (κ2) is 5.88. The number of rotatable bonds is 5. The Hall–Kier alpha value is -1.13. The standard InChI is InChI=1S/C15H24N2OSi/c1-19(2,3)14-7-4-12(5-8-14)10-16-11-13-6-9-15(18)17-13/h4-5,7-8,13,16H,6,9-11H2,1-3H3,(H,17,18). The lowest BCUT2D eigenvalue weighted by Gasteiger charge is -2.17. The van der Waals surface area contributed by atoms with Crippen LogP contribution in [-0.4, -0.2) is 26.6 Å². The molecule has 0 aromatic heterocycles. The van der Waals surface area contributed by atoms with Gasteiger partial charge in [0.2, 0.25) is 5.91 Å². The Morgan fingerprint density at radius 3 is 2.47 bits per heavy atom. The first kappa shape index (κ1) is 14.3. The normalized spacial score (nSPS) is 19.5. The van der Waals surface area contributed by atoms with E-state index in [-0.39, 0.29) is 5.91 Å². The summed E-state index contributed by atoms with van der Waals surface area (Å²) in [7, 11) is -1.18. The van der Waals surface area contributed by atoms with Crippen LogP contribution in [0.5, 0.6) is 0 Å². The van der Waals surface area contributed by atoms with Crippen LogP contribution >= 0.6 is 0 Å². The van der Waals surface area contributed by atoms with Crippen molar-refractivity contribution in [3.05, 3.63) is 29.8 Å². The molecule has 1 amide bonds. The summed E-state index contributed by atoms with van der Waals surface area (Å²) in [6.45, 7) is 8.83. The Morgan fingerprint density at radius 1 is 1.26 bits per heavy atom. The molecular formula is C15H24N2OSi. The summed E-state index contributed by atoms with van der Waals surface area (Å²) >= 11 is 0. The van der Waals surface area contributed by atoms with Gasteiger partial charge in [-0.2, -0.15) is 0 Å². The lowest BCUT2D eigenvalue weighted by molar-refractivity contribution is -0.119. The minimum Gasteiger partial charge on any atom is -0.352 e. The molecular weight excluding hydrogens is 252 g/mol. The van der Waals surface area contributed by atoms with Crippen molar-refractivity contribution in [2.75, 3.05) is 6.54 Å².